The number of benzene rings is 4. The predicted octanol–water partition coefficient (Wildman–Crippen LogP) is 10.8. The van der Waals surface area contributed by atoms with Crippen LogP contribution in [0.25, 0.3) is 61.9 Å². The van der Waals surface area contributed by atoms with Crippen LogP contribution in [0.4, 0.5) is 0 Å². The Morgan fingerprint density at radius 2 is 0.629 bits per heavy atom. The molecule has 3 aromatic heterocycles. The van der Waals surface area contributed by atoms with Crippen molar-refractivity contribution in [2.24, 2.45) is 0 Å². The van der Waals surface area contributed by atoms with E-state index in [9.17, 15) is 0 Å². The normalized spacial score (nSPS) is 11.4. The van der Waals surface area contributed by atoms with Gasteiger partial charge in [-0.1, -0.05) is 84.9 Å². The molecule has 3 heterocycles. The van der Waals surface area contributed by atoms with Crippen LogP contribution >= 0.6 is 34.0 Å². The molecule has 0 fully saturated rings. The van der Waals surface area contributed by atoms with E-state index in [0.717, 1.165) is 0 Å². The molecule has 0 saturated heterocycles. The second-order valence-electron chi connectivity index (χ2n) is 8.55. The summed E-state index contributed by atoms with van der Waals surface area (Å²) in [4.78, 5) is 7.96. The Hall–Kier alpha value is -3.50. The largest absolute Gasteiger partial charge is 0.134 e. The van der Waals surface area contributed by atoms with Crippen LogP contribution in [-0.4, -0.2) is 0 Å². The first kappa shape index (κ1) is 20.8. The molecule has 7 aromatic rings. The summed E-state index contributed by atoms with van der Waals surface area (Å²) in [5, 5.41) is 5.21. The van der Waals surface area contributed by atoms with Crippen molar-refractivity contribution in [2.45, 2.75) is 0 Å². The van der Waals surface area contributed by atoms with Crippen molar-refractivity contribution in [2.75, 3.05) is 0 Å². The van der Waals surface area contributed by atoms with Crippen molar-refractivity contribution < 1.29 is 0 Å². The molecule has 0 aliphatic rings. The van der Waals surface area contributed by atoms with Gasteiger partial charge in [-0.25, -0.2) is 0 Å². The highest BCUT2D eigenvalue weighted by Gasteiger charge is 2.13. The second kappa shape index (κ2) is 8.62. The molecule has 0 nitrogen and oxygen atoms in total. The fourth-order valence-electron chi connectivity index (χ4n) is 4.71. The summed E-state index contributed by atoms with van der Waals surface area (Å²) in [6, 6.07) is 44.1. The van der Waals surface area contributed by atoms with Gasteiger partial charge in [0.2, 0.25) is 0 Å². The molecule has 0 N–H and O–H groups in total. The maximum absolute atomic E-state index is 2.27. The van der Waals surface area contributed by atoms with Crippen LogP contribution in [0.5, 0.6) is 0 Å². The topological polar surface area (TPSA) is 0 Å². The molecule has 0 atom stereocenters. The summed E-state index contributed by atoms with van der Waals surface area (Å²) in [5.41, 5.74) is 2.63. The van der Waals surface area contributed by atoms with Gasteiger partial charge >= 0.3 is 0 Å². The van der Waals surface area contributed by atoms with Gasteiger partial charge in [0.1, 0.15) is 0 Å². The summed E-state index contributed by atoms with van der Waals surface area (Å²) in [7, 11) is 0. The maximum atomic E-state index is 2.27. The van der Waals surface area contributed by atoms with Gasteiger partial charge in [0, 0.05) is 29.3 Å². The lowest BCUT2D eigenvalue weighted by molar-refractivity contribution is 1.74. The molecule has 0 radical (unpaired) electrons. The monoisotopic (exact) mass is 500 g/mol. The van der Waals surface area contributed by atoms with Gasteiger partial charge in [-0.15, -0.1) is 34.0 Å². The van der Waals surface area contributed by atoms with Crippen molar-refractivity contribution in [3.05, 3.63) is 121 Å². The van der Waals surface area contributed by atoms with Crippen LogP contribution in [-0.2, 0) is 0 Å². The molecule has 0 bridgehead atoms. The molecule has 0 saturated carbocycles. The molecule has 4 aromatic carbocycles. The van der Waals surface area contributed by atoms with Gasteiger partial charge in [-0.3, -0.25) is 0 Å². The van der Waals surface area contributed by atoms with Crippen LogP contribution in [0.1, 0.15) is 0 Å². The van der Waals surface area contributed by atoms with Crippen LogP contribution < -0.4 is 0 Å². The smallest absolute Gasteiger partial charge is 0.0449 e. The van der Waals surface area contributed by atoms with Crippen molar-refractivity contribution in [3.8, 4) is 40.4 Å². The van der Waals surface area contributed by atoms with Gasteiger partial charge in [0.25, 0.3) is 0 Å². The van der Waals surface area contributed by atoms with E-state index in [0.29, 0.717) is 0 Å². The third-order valence-electron chi connectivity index (χ3n) is 6.41. The number of fused-ring (bicyclic) bond motifs is 2. The number of hydrogen-bond acceptors (Lipinski definition) is 3. The average molecular weight is 501 g/mol. The number of thiophene rings is 3. The molecule has 0 aliphatic carbocycles. The van der Waals surface area contributed by atoms with E-state index >= 15 is 0 Å². The lowest BCUT2D eigenvalue weighted by atomic mass is 10.0. The Labute approximate surface area is 216 Å². The van der Waals surface area contributed by atoms with Crippen molar-refractivity contribution in [1.82, 2.24) is 0 Å². The zero-order valence-electron chi connectivity index (χ0n) is 18.8. The van der Waals surface area contributed by atoms with Gasteiger partial charge < -0.3 is 0 Å². The minimum absolute atomic E-state index is 1.29. The highest BCUT2D eigenvalue weighted by Crippen LogP contribution is 2.44. The molecule has 166 valence electrons. The van der Waals surface area contributed by atoms with Crippen molar-refractivity contribution >= 4 is 55.6 Å². The third kappa shape index (κ3) is 3.73. The van der Waals surface area contributed by atoms with E-state index in [1.165, 1.54) is 61.9 Å². The lowest BCUT2D eigenvalue weighted by Gasteiger charge is -2.04. The first-order valence-electron chi connectivity index (χ1n) is 11.6. The highest BCUT2D eigenvalue weighted by molar-refractivity contribution is 7.28. The fourth-order valence-corrected chi connectivity index (χ4v) is 7.99. The first-order valence-corrected chi connectivity index (χ1v) is 14.0. The van der Waals surface area contributed by atoms with Crippen LogP contribution in [0.3, 0.4) is 0 Å². The fraction of sp³-hybridized carbons (Fsp3) is 0. The molecule has 3 heteroatoms. The second-order valence-corrected chi connectivity index (χ2v) is 11.8. The first-order chi connectivity index (χ1) is 17.3. The van der Waals surface area contributed by atoms with E-state index in [1.54, 1.807) is 0 Å². The van der Waals surface area contributed by atoms with Gasteiger partial charge in [-0.2, -0.15) is 0 Å². The van der Waals surface area contributed by atoms with Crippen LogP contribution in [0, 0.1) is 0 Å². The summed E-state index contributed by atoms with van der Waals surface area (Å²) < 4.78 is 0. The molecule has 0 unspecified atom stereocenters. The molecular formula is C32H20S3. The van der Waals surface area contributed by atoms with E-state index in [-0.39, 0.29) is 0 Å². The van der Waals surface area contributed by atoms with Crippen molar-refractivity contribution in [1.29, 1.82) is 0 Å². The maximum Gasteiger partial charge on any atom is 0.0449 e. The van der Waals surface area contributed by atoms with Crippen LogP contribution in [0.2, 0.25) is 0 Å². The molecule has 0 spiro atoms. The minimum Gasteiger partial charge on any atom is -0.134 e. The van der Waals surface area contributed by atoms with E-state index in [4.69, 9.17) is 0 Å². The van der Waals surface area contributed by atoms with E-state index in [1.807, 2.05) is 34.0 Å². The molecule has 0 amide bonds. The molecule has 35 heavy (non-hydrogen) atoms. The molecular weight excluding hydrogens is 481 g/mol. The Morgan fingerprint density at radius 1 is 0.286 bits per heavy atom. The van der Waals surface area contributed by atoms with E-state index < -0.39 is 0 Å². The van der Waals surface area contributed by atoms with Gasteiger partial charge in [-0.05, 0) is 69.1 Å². The lowest BCUT2D eigenvalue weighted by Crippen LogP contribution is -1.76. The summed E-state index contributed by atoms with van der Waals surface area (Å²) in [5.74, 6) is 0. The summed E-state index contributed by atoms with van der Waals surface area (Å²) >= 11 is 5.64. The number of rotatable bonds is 4. The zero-order chi connectivity index (χ0) is 23.2. The van der Waals surface area contributed by atoms with E-state index in [2.05, 4.69) is 121 Å². The Morgan fingerprint density at radius 3 is 1.09 bits per heavy atom. The van der Waals surface area contributed by atoms with Crippen LogP contribution in [0.15, 0.2) is 121 Å². The Balaban J connectivity index is 1.21. The zero-order valence-corrected chi connectivity index (χ0v) is 21.2. The SMILES string of the molecule is c1ccc2c(-c3ccc(-c4ccc(-c5ccc(-c6cccc7ccccc67)s5)s4)s3)cccc2c1. The molecule has 0 aliphatic heterocycles. The molecule has 7 rings (SSSR count). The number of hydrogen-bond donors (Lipinski definition) is 0. The average Bonchev–Trinajstić information content (AvgIpc) is 3.68. The van der Waals surface area contributed by atoms with Crippen molar-refractivity contribution in [3.63, 3.8) is 0 Å². The third-order valence-corrected chi connectivity index (χ3v) is 10.1. The minimum atomic E-state index is 1.29. The predicted molar refractivity (Wildman–Crippen MR) is 157 cm³/mol. The quantitative estimate of drug-likeness (QED) is 0.225. The standard InChI is InChI=1S/C32H20S3/c1-3-11-23-21(7-1)9-5-13-25(23)27-15-17-29(33-27)31-19-20-32(35-31)30-18-16-28(34-30)26-14-6-10-22-8-2-4-12-24(22)26/h1-20H. The van der Waals surface area contributed by atoms with Gasteiger partial charge in [0.15, 0.2) is 0 Å². The Bertz CT molecular complexity index is 1670. The van der Waals surface area contributed by atoms with Gasteiger partial charge in [0.05, 0.1) is 0 Å². The summed E-state index contributed by atoms with van der Waals surface area (Å²) in [6.45, 7) is 0. The Kier molecular flexibility index (Phi) is 5.13. The summed E-state index contributed by atoms with van der Waals surface area (Å²) in [6.07, 6.45) is 0. The highest BCUT2D eigenvalue weighted by atomic mass is 32.1.